The molecule has 0 bridgehead atoms. The lowest BCUT2D eigenvalue weighted by Gasteiger charge is -2.14. The van der Waals surface area contributed by atoms with Gasteiger partial charge in [-0.15, -0.1) is 0 Å². The Hall–Kier alpha value is -3.19. The minimum Gasteiger partial charge on any atom is -0.345 e. The van der Waals surface area contributed by atoms with Gasteiger partial charge in [0.05, 0.1) is 28.2 Å². The van der Waals surface area contributed by atoms with Crippen molar-refractivity contribution < 1.29 is 9.59 Å². The molecule has 3 rings (SSSR count). The summed E-state index contributed by atoms with van der Waals surface area (Å²) < 4.78 is 1.66. The van der Waals surface area contributed by atoms with Crippen molar-refractivity contribution in [1.29, 1.82) is 0 Å². The maximum atomic E-state index is 13.0. The summed E-state index contributed by atoms with van der Waals surface area (Å²) in [5.41, 5.74) is 1.96. The molecule has 3 aromatic rings. The van der Waals surface area contributed by atoms with Gasteiger partial charge in [0.15, 0.2) is 5.82 Å². The summed E-state index contributed by atoms with van der Waals surface area (Å²) in [4.78, 5) is 31.0. The second-order valence-electron chi connectivity index (χ2n) is 7.05. The molecule has 0 aliphatic heterocycles. The molecular weight excluding hydrogens is 390 g/mol. The molecule has 1 aromatic carbocycles. The van der Waals surface area contributed by atoms with Crippen LogP contribution in [0.1, 0.15) is 46.2 Å². The van der Waals surface area contributed by atoms with Crippen LogP contribution in [-0.4, -0.2) is 45.6 Å². The number of aromatic nitrogens is 3. The van der Waals surface area contributed by atoms with E-state index in [1.807, 2.05) is 32.0 Å². The average Bonchev–Trinajstić information content (AvgIpc) is 3.15. The van der Waals surface area contributed by atoms with Crippen molar-refractivity contribution in [2.75, 3.05) is 19.4 Å². The highest BCUT2D eigenvalue weighted by Crippen LogP contribution is 2.27. The molecule has 2 aromatic heterocycles. The summed E-state index contributed by atoms with van der Waals surface area (Å²) in [6.07, 6.45) is 3.19. The fourth-order valence-corrected chi connectivity index (χ4v) is 3.12. The Labute approximate surface area is 174 Å². The third-order valence-electron chi connectivity index (χ3n) is 4.33. The van der Waals surface area contributed by atoms with Crippen LogP contribution in [0.15, 0.2) is 48.8 Å². The number of rotatable bonds is 5. The van der Waals surface area contributed by atoms with Crippen molar-refractivity contribution in [3.05, 3.63) is 70.6 Å². The van der Waals surface area contributed by atoms with Crippen molar-refractivity contribution in [2.24, 2.45) is 0 Å². The zero-order chi connectivity index (χ0) is 21.1. The Morgan fingerprint density at radius 3 is 2.55 bits per heavy atom. The van der Waals surface area contributed by atoms with Crippen molar-refractivity contribution in [2.45, 2.75) is 19.8 Å². The monoisotopic (exact) mass is 411 g/mol. The molecule has 0 radical (unpaired) electrons. The van der Waals surface area contributed by atoms with Gasteiger partial charge >= 0.3 is 0 Å². The van der Waals surface area contributed by atoms with Crippen LogP contribution in [0.25, 0.3) is 5.82 Å². The molecule has 1 N–H and O–H groups in total. The van der Waals surface area contributed by atoms with Gasteiger partial charge in [-0.1, -0.05) is 31.5 Å². The number of hydrogen-bond acceptors (Lipinski definition) is 4. The van der Waals surface area contributed by atoms with Gasteiger partial charge in [0.1, 0.15) is 0 Å². The first-order chi connectivity index (χ1) is 13.8. The Morgan fingerprint density at radius 2 is 1.93 bits per heavy atom. The molecule has 0 saturated carbocycles. The fraction of sp³-hybridized carbons (Fsp3) is 0.238. The van der Waals surface area contributed by atoms with Crippen molar-refractivity contribution >= 4 is 29.1 Å². The maximum absolute atomic E-state index is 13.0. The Kier molecular flexibility index (Phi) is 5.98. The van der Waals surface area contributed by atoms with E-state index >= 15 is 0 Å². The number of anilines is 1. The molecule has 2 amide bonds. The van der Waals surface area contributed by atoms with Crippen molar-refractivity contribution in [3.8, 4) is 5.82 Å². The number of halogens is 1. The third-order valence-corrected chi connectivity index (χ3v) is 4.66. The second-order valence-corrected chi connectivity index (χ2v) is 7.45. The average molecular weight is 412 g/mol. The van der Waals surface area contributed by atoms with Crippen molar-refractivity contribution in [1.82, 2.24) is 19.7 Å². The van der Waals surface area contributed by atoms with Crippen LogP contribution in [0.4, 0.5) is 5.69 Å². The number of nitrogens with zero attached hydrogens (tertiary/aromatic N) is 4. The minimum absolute atomic E-state index is 0.0254. The molecule has 0 atom stereocenters. The highest BCUT2D eigenvalue weighted by molar-refractivity contribution is 6.34. The highest BCUT2D eigenvalue weighted by Gasteiger charge is 2.22. The molecule has 0 fully saturated rings. The number of carbonyl (C=O) groups is 2. The van der Waals surface area contributed by atoms with E-state index in [1.54, 1.807) is 43.2 Å². The smallest absolute Gasteiger partial charge is 0.259 e. The van der Waals surface area contributed by atoms with Crippen LogP contribution < -0.4 is 5.32 Å². The quantitative estimate of drug-likeness (QED) is 0.688. The molecule has 0 saturated heterocycles. The molecule has 7 nitrogen and oxygen atoms in total. The molecule has 0 aliphatic rings. The number of benzene rings is 1. The standard InChI is InChI=1S/C21H22ClN5O2/c1-13(2)19-15(12-24-27(19)18-7-5-6-10-23-18)20(28)25-17-11-14(8-9-16(17)22)21(29)26(3)4/h5-13H,1-4H3,(H,25,28). The van der Waals surface area contributed by atoms with Gasteiger partial charge in [-0.05, 0) is 36.2 Å². The molecule has 0 aliphatic carbocycles. The van der Waals surface area contributed by atoms with Crippen molar-refractivity contribution in [3.63, 3.8) is 0 Å². The molecule has 29 heavy (non-hydrogen) atoms. The van der Waals surface area contributed by atoms with E-state index < -0.39 is 0 Å². The lowest BCUT2D eigenvalue weighted by molar-refractivity contribution is 0.0827. The van der Waals surface area contributed by atoms with Gasteiger partial charge in [-0.2, -0.15) is 5.10 Å². The van der Waals surface area contributed by atoms with Crippen LogP contribution >= 0.6 is 11.6 Å². The van der Waals surface area contributed by atoms with Crippen LogP contribution in [0.3, 0.4) is 0 Å². The molecular formula is C21H22ClN5O2. The SMILES string of the molecule is CC(C)c1c(C(=O)Nc2cc(C(=O)N(C)C)ccc2Cl)cnn1-c1ccccn1. The predicted molar refractivity (Wildman–Crippen MR) is 113 cm³/mol. The first kappa shape index (κ1) is 20.5. The summed E-state index contributed by atoms with van der Waals surface area (Å²) in [6.45, 7) is 3.97. The highest BCUT2D eigenvalue weighted by atomic mass is 35.5. The lowest BCUT2D eigenvalue weighted by atomic mass is 10.0. The Balaban J connectivity index is 1.95. The molecule has 0 unspecified atom stereocenters. The van der Waals surface area contributed by atoms with E-state index in [9.17, 15) is 9.59 Å². The van der Waals surface area contributed by atoms with Crippen LogP contribution in [0.5, 0.6) is 0 Å². The fourth-order valence-electron chi connectivity index (χ4n) is 2.95. The summed E-state index contributed by atoms with van der Waals surface area (Å²) >= 11 is 6.24. The predicted octanol–water partition coefficient (Wildman–Crippen LogP) is 4.00. The first-order valence-electron chi connectivity index (χ1n) is 9.11. The Bertz CT molecular complexity index is 1040. The molecule has 0 spiro atoms. The normalized spacial score (nSPS) is 10.8. The summed E-state index contributed by atoms with van der Waals surface area (Å²) in [5.74, 6) is 0.125. The summed E-state index contributed by atoms with van der Waals surface area (Å²) in [6, 6.07) is 10.3. The number of amides is 2. The van der Waals surface area contributed by atoms with Gasteiger partial charge in [0.2, 0.25) is 0 Å². The van der Waals surface area contributed by atoms with Crippen LogP contribution in [0, 0.1) is 0 Å². The lowest BCUT2D eigenvalue weighted by Crippen LogP contribution is -2.22. The zero-order valence-electron chi connectivity index (χ0n) is 16.7. The van der Waals surface area contributed by atoms with E-state index in [1.165, 1.54) is 11.1 Å². The topological polar surface area (TPSA) is 80.1 Å². The van der Waals surface area contributed by atoms with E-state index in [4.69, 9.17) is 11.6 Å². The van der Waals surface area contributed by atoms with Crippen LogP contribution in [0.2, 0.25) is 5.02 Å². The van der Waals surface area contributed by atoms with Gasteiger partial charge in [-0.3, -0.25) is 9.59 Å². The molecule has 2 heterocycles. The van der Waals surface area contributed by atoms with E-state index in [2.05, 4.69) is 15.4 Å². The molecule has 8 heteroatoms. The van der Waals surface area contributed by atoms with E-state index in [0.717, 1.165) is 5.69 Å². The van der Waals surface area contributed by atoms with E-state index in [0.29, 0.717) is 27.7 Å². The van der Waals surface area contributed by atoms with Gasteiger partial charge in [-0.25, -0.2) is 9.67 Å². The summed E-state index contributed by atoms with van der Waals surface area (Å²) in [5, 5.41) is 7.51. The third kappa shape index (κ3) is 4.30. The van der Waals surface area contributed by atoms with Gasteiger partial charge < -0.3 is 10.2 Å². The summed E-state index contributed by atoms with van der Waals surface area (Å²) in [7, 11) is 3.33. The van der Waals surface area contributed by atoms with Gasteiger partial charge in [0.25, 0.3) is 11.8 Å². The largest absolute Gasteiger partial charge is 0.345 e. The van der Waals surface area contributed by atoms with E-state index in [-0.39, 0.29) is 17.7 Å². The van der Waals surface area contributed by atoms with Gasteiger partial charge in [0, 0.05) is 25.9 Å². The molecule has 150 valence electrons. The first-order valence-corrected chi connectivity index (χ1v) is 9.49. The Morgan fingerprint density at radius 1 is 1.17 bits per heavy atom. The number of carbonyl (C=O) groups excluding carboxylic acids is 2. The second kappa shape index (κ2) is 8.45. The number of hydrogen-bond donors (Lipinski definition) is 1. The number of nitrogens with one attached hydrogen (secondary N) is 1. The number of pyridine rings is 1. The minimum atomic E-state index is -0.354. The maximum Gasteiger partial charge on any atom is 0.259 e. The van der Waals surface area contributed by atoms with Crippen LogP contribution in [-0.2, 0) is 0 Å². The zero-order valence-corrected chi connectivity index (χ0v) is 17.4.